The Bertz CT molecular complexity index is 877. The summed E-state index contributed by atoms with van der Waals surface area (Å²) in [4.78, 5) is 29.1. The predicted octanol–water partition coefficient (Wildman–Crippen LogP) is 2.80. The minimum absolute atomic E-state index is 0.139. The standard InChI is InChI=1S/C18H17F2NO6/c1-8-13(16(22)24-3)15(14(9(2)21-8)17(23)25-4)10-5-6-11-12(7-10)27-18(19,20)26-11/h5-7,13,15H,1-4H3. The van der Waals surface area contributed by atoms with E-state index in [-0.39, 0.29) is 17.1 Å². The smallest absolute Gasteiger partial charge is 0.468 e. The van der Waals surface area contributed by atoms with Gasteiger partial charge in [-0.2, -0.15) is 0 Å². The van der Waals surface area contributed by atoms with Gasteiger partial charge in [0.25, 0.3) is 0 Å². The third-order valence-corrected chi connectivity index (χ3v) is 4.47. The lowest BCUT2D eigenvalue weighted by molar-refractivity contribution is -0.286. The van der Waals surface area contributed by atoms with Crippen LogP contribution in [0, 0.1) is 5.92 Å². The van der Waals surface area contributed by atoms with Crippen molar-refractivity contribution in [3.8, 4) is 11.5 Å². The summed E-state index contributed by atoms with van der Waals surface area (Å²) in [6.45, 7) is 3.24. The Balaban J connectivity index is 2.15. The van der Waals surface area contributed by atoms with Crippen LogP contribution in [0.4, 0.5) is 8.78 Å². The molecule has 0 aromatic heterocycles. The van der Waals surface area contributed by atoms with Gasteiger partial charge < -0.3 is 18.9 Å². The summed E-state index contributed by atoms with van der Waals surface area (Å²) in [5.41, 5.74) is 1.33. The fourth-order valence-corrected chi connectivity index (χ4v) is 3.36. The SMILES string of the molecule is COC(=O)C1=C(C)N=C(C)C(C(=O)OC)C1c1ccc2c(c1)OC(F)(F)O2. The van der Waals surface area contributed by atoms with Gasteiger partial charge in [-0.1, -0.05) is 6.07 Å². The zero-order valence-corrected chi connectivity index (χ0v) is 15.0. The van der Waals surface area contributed by atoms with Crippen LogP contribution in [0.5, 0.6) is 11.5 Å². The Morgan fingerprint density at radius 3 is 2.41 bits per heavy atom. The maximum absolute atomic E-state index is 13.3. The first kappa shape index (κ1) is 18.8. The van der Waals surface area contributed by atoms with E-state index in [9.17, 15) is 18.4 Å². The molecule has 2 unspecified atom stereocenters. The molecule has 1 aromatic carbocycles. The number of aliphatic imine (C=N–C) groups is 1. The summed E-state index contributed by atoms with van der Waals surface area (Å²) in [7, 11) is 2.42. The lowest BCUT2D eigenvalue weighted by atomic mass is 9.75. The van der Waals surface area contributed by atoms with E-state index >= 15 is 0 Å². The average molecular weight is 381 g/mol. The number of rotatable bonds is 3. The molecule has 1 aromatic rings. The molecule has 0 saturated heterocycles. The van der Waals surface area contributed by atoms with Gasteiger partial charge in [0.1, 0.15) is 5.92 Å². The summed E-state index contributed by atoms with van der Waals surface area (Å²) in [6.07, 6.45) is -3.77. The summed E-state index contributed by atoms with van der Waals surface area (Å²) >= 11 is 0. The van der Waals surface area contributed by atoms with Crippen molar-refractivity contribution in [3.05, 3.63) is 35.0 Å². The van der Waals surface area contributed by atoms with E-state index < -0.39 is 30.1 Å². The van der Waals surface area contributed by atoms with Crippen LogP contribution < -0.4 is 9.47 Å². The topological polar surface area (TPSA) is 83.4 Å². The molecule has 0 radical (unpaired) electrons. The lowest BCUT2D eigenvalue weighted by Gasteiger charge is -2.31. The number of fused-ring (bicyclic) bond motifs is 1. The number of carbonyl (C=O) groups is 2. The molecule has 0 N–H and O–H groups in total. The first-order valence-electron chi connectivity index (χ1n) is 8.00. The van der Waals surface area contributed by atoms with Crippen LogP contribution in [0.15, 0.2) is 34.5 Å². The number of nitrogens with zero attached hydrogens (tertiary/aromatic N) is 1. The zero-order chi connectivity index (χ0) is 19.9. The molecule has 9 heteroatoms. The monoisotopic (exact) mass is 381 g/mol. The van der Waals surface area contributed by atoms with E-state index in [4.69, 9.17) is 9.47 Å². The van der Waals surface area contributed by atoms with Gasteiger partial charge in [0.05, 0.1) is 19.8 Å². The quantitative estimate of drug-likeness (QED) is 0.749. The van der Waals surface area contributed by atoms with Crippen molar-refractivity contribution in [1.82, 2.24) is 0 Å². The van der Waals surface area contributed by atoms with Crippen molar-refractivity contribution >= 4 is 17.7 Å². The number of ether oxygens (including phenoxy) is 4. The molecule has 0 spiro atoms. The summed E-state index contributed by atoms with van der Waals surface area (Å²) in [6, 6.07) is 4.09. The number of esters is 2. The Morgan fingerprint density at radius 2 is 1.78 bits per heavy atom. The number of allylic oxidation sites excluding steroid dienone is 1. The third-order valence-electron chi connectivity index (χ3n) is 4.47. The normalized spacial score (nSPS) is 23.0. The minimum Gasteiger partial charge on any atom is -0.468 e. The molecule has 27 heavy (non-hydrogen) atoms. The van der Waals surface area contributed by atoms with Gasteiger partial charge in [0.15, 0.2) is 11.5 Å². The van der Waals surface area contributed by atoms with E-state index in [0.29, 0.717) is 17.0 Å². The maximum atomic E-state index is 13.3. The minimum atomic E-state index is -3.77. The highest BCUT2D eigenvalue weighted by molar-refractivity contribution is 6.07. The first-order valence-corrected chi connectivity index (χ1v) is 8.00. The Morgan fingerprint density at radius 1 is 1.11 bits per heavy atom. The van der Waals surface area contributed by atoms with Gasteiger partial charge in [-0.3, -0.25) is 9.79 Å². The number of methoxy groups -OCH3 is 2. The van der Waals surface area contributed by atoms with E-state index in [2.05, 4.69) is 14.5 Å². The van der Waals surface area contributed by atoms with Crippen molar-refractivity contribution in [2.45, 2.75) is 26.1 Å². The number of carbonyl (C=O) groups excluding carboxylic acids is 2. The van der Waals surface area contributed by atoms with Gasteiger partial charge in [-0.15, -0.1) is 8.78 Å². The first-order chi connectivity index (χ1) is 12.7. The molecule has 0 saturated carbocycles. The van der Waals surface area contributed by atoms with Crippen molar-refractivity contribution in [1.29, 1.82) is 0 Å². The molecule has 0 bridgehead atoms. The molecule has 3 rings (SSSR count). The Kier molecular flexibility index (Phi) is 4.63. The summed E-state index contributed by atoms with van der Waals surface area (Å²) in [5, 5.41) is 0. The van der Waals surface area contributed by atoms with Crippen LogP contribution in [0.25, 0.3) is 0 Å². The second-order valence-electron chi connectivity index (χ2n) is 6.10. The highest BCUT2D eigenvalue weighted by Crippen LogP contribution is 2.46. The molecular weight excluding hydrogens is 364 g/mol. The third kappa shape index (κ3) is 3.24. The van der Waals surface area contributed by atoms with Gasteiger partial charge in [-0.05, 0) is 31.5 Å². The average Bonchev–Trinajstić information content (AvgIpc) is 2.92. The number of hydrogen-bond acceptors (Lipinski definition) is 7. The highest BCUT2D eigenvalue weighted by atomic mass is 19.3. The van der Waals surface area contributed by atoms with E-state index in [1.54, 1.807) is 13.8 Å². The fourth-order valence-electron chi connectivity index (χ4n) is 3.36. The number of hydrogen-bond donors (Lipinski definition) is 0. The Labute approximate surface area is 153 Å². The van der Waals surface area contributed by atoms with Crippen LogP contribution in [0.1, 0.15) is 25.3 Å². The summed E-state index contributed by atoms with van der Waals surface area (Å²) < 4.78 is 45.3. The van der Waals surface area contributed by atoms with Gasteiger partial charge in [-0.25, -0.2) is 4.79 Å². The van der Waals surface area contributed by atoms with Crippen molar-refractivity contribution in [2.24, 2.45) is 10.9 Å². The van der Waals surface area contributed by atoms with Gasteiger partial charge >= 0.3 is 18.2 Å². The zero-order valence-electron chi connectivity index (χ0n) is 15.0. The maximum Gasteiger partial charge on any atom is 0.586 e. The van der Waals surface area contributed by atoms with Crippen LogP contribution in [-0.4, -0.2) is 38.2 Å². The van der Waals surface area contributed by atoms with Gasteiger partial charge in [0, 0.05) is 17.3 Å². The predicted molar refractivity (Wildman–Crippen MR) is 88.7 cm³/mol. The van der Waals surface area contributed by atoms with Gasteiger partial charge in [0.2, 0.25) is 0 Å². The molecule has 144 valence electrons. The second kappa shape index (κ2) is 6.64. The molecule has 2 atom stereocenters. The molecule has 0 amide bonds. The van der Waals surface area contributed by atoms with E-state index in [0.717, 1.165) is 0 Å². The molecule has 7 nitrogen and oxygen atoms in total. The second-order valence-corrected chi connectivity index (χ2v) is 6.10. The molecular formula is C18H17F2NO6. The number of halogens is 2. The van der Waals surface area contributed by atoms with E-state index in [1.807, 2.05) is 0 Å². The summed E-state index contributed by atoms with van der Waals surface area (Å²) in [5.74, 6) is -3.38. The van der Waals surface area contributed by atoms with Crippen molar-refractivity contribution in [3.63, 3.8) is 0 Å². The molecule has 0 fully saturated rings. The molecule has 0 aliphatic carbocycles. The molecule has 2 heterocycles. The fraction of sp³-hybridized carbons (Fsp3) is 0.389. The van der Waals surface area contributed by atoms with Crippen LogP contribution in [0.3, 0.4) is 0 Å². The van der Waals surface area contributed by atoms with Crippen molar-refractivity contribution in [2.75, 3.05) is 14.2 Å². The van der Waals surface area contributed by atoms with Crippen LogP contribution in [-0.2, 0) is 19.1 Å². The van der Waals surface area contributed by atoms with Crippen molar-refractivity contribution < 1.29 is 37.3 Å². The van der Waals surface area contributed by atoms with E-state index in [1.165, 1.54) is 32.4 Å². The molecule has 2 aliphatic heterocycles. The van der Waals surface area contributed by atoms with Crippen LogP contribution >= 0.6 is 0 Å². The lowest BCUT2D eigenvalue weighted by Crippen LogP contribution is -2.36. The number of alkyl halides is 2. The van der Waals surface area contributed by atoms with Crippen LogP contribution in [0.2, 0.25) is 0 Å². The molecule has 2 aliphatic rings. The Hall–Kier alpha value is -2.97. The highest BCUT2D eigenvalue weighted by Gasteiger charge is 2.46. The largest absolute Gasteiger partial charge is 0.586 e. The number of benzene rings is 1.